The molecule has 0 aromatic rings. The van der Waals surface area contributed by atoms with Crippen LogP contribution in [0.2, 0.25) is 0 Å². The van der Waals surface area contributed by atoms with Crippen LogP contribution in [-0.4, -0.2) is 34.9 Å². The van der Waals surface area contributed by atoms with Gasteiger partial charge in [-0.25, -0.2) is 0 Å². The average Bonchev–Trinajstić information content (AvgIpc) is 2.96. The standard InChI is InChI=1S/C36H73NO3/c1-3-5-7-9-11-13-15-16-17-18-19-20-22-24-26-28-30-32-36(40)37-34(33-38)35(39)31-29-27-25-23-21-14-12-10-8-6-4-2/h34-35,38-39H,3-33H2,1-2H3,(H,37,40)/t34-,35+/m0/s1. The first-order valence-corrected chi connectivity index (χ1v) is 18.2. The number of carbonyl (C=O) groups excluding carboxylic acids is 1. The summed E-state index contributed by atoms with van der Waals surface area (Å²) >= 11 is 0. The summed E-state index contributed by atoms with van der Waals surface area (Å²) in [5, 5.41) is 23.0. The minimum atomic E-state index is -0.650. The minimum absolute atomic E-state index is 0.0296. The number of hydrogen-bond acceptors (Lipinski definition) is 3. The van der Waals surface area contributed by atoms with Gasteiger partial charge in [0.05, 0.1) is 18.8 Å². The Morgan fingerprint density at radius 2 is 0.800 bits per heavy atom. The van der Waals surface area contributed by atoms with Gasteiger partial charge < -0.3 is 15.5 Å². The predicted octanol–water partition coefficient (Wildman–Crippen LogP) is 10.6. The largest absolute Gasteiger partial charge is 0.394 e. The molecule has 0 spiro atoms. The summed E-state index contributed by atoms with van der Waals surface area (Å²) in [5.41, 5.74) is 0. The first-order chi connectivity index (χ1) is 19.7. The molecule has 0 rings (SSSR count). The smallest absolute Gasteiger partial charge is 0.220 e. The number of nitrogens with one attached hydrogen (secondary N) is 1. The highest BCUT2D eigenvalue weighted by atomic mass is 16.3. The first kappa shape index (κ1) is 39.4. The van der Waals surface area contributed by atoms with E-state index in [0.717, 1.165) is 25.7 Å². The molecule has 0 unspecified atom stereocenters. The van der Waals surface area contributed by atoms with Crippen molar-refractivity contribution in [3.8, 4) is 0 Å². The molecule has 4 heteroatoms. The number of carbonyl (C=O) groups is 1. The van der Waals surface area contributed by atoms with Crippen molar-refractivity contribution in [2.45, 2.75) is 219 Å². The molecule has 0 aliphatic carbocycles. The van der Waals surface area contributed by atoms with Crippen molar-refractivity contribution >= 4 is 5.91 Å². The molecule has 0 bridgehead atoms. The van der Waals surface area contributed by atoms with Gasteiger partial charge in [-0.3, -0.25) is 4.79 Å². The fraction of sp³-hybridized carbons (Fsp3) is 0.972. The van der Waals surface area contributed by atoms with E-state index in [0.29, 0.717) is 12.8 Å². The molecule has 0 aromatic heterocycles. The maximum Gasteiger partial charge on any atom is 0.220 e. The third kappa shape index (κ3) is 28.9. The zero-order chi connectivity index (χ0) is 29.4. The molecule has 0 saturated carbocycles. The van der Waals surface area contributed by atoms with Crippen LogP contribution in [0, 0.1) is 0 Å². The Balaban J connectivity index is 3.50. The van der Waals surface area contributed by atoms with Crippen molar-refractivity contribution in [1.29, 1.82) is 0 Å². The third-order valence-corrected chi connectivity index (χ3v) is 8.62. The van der Waals surface area contributed by atoms with Crippen LogP contribution < -0.4 is 5.32 Å². The highest BCUT2D eigenvalue weighted by Gasteiger charge is 2.19. The van der Waals surface area contributed by atoms with E-state index in [1.807, 2.05) is 0 Å². The van der Waals surface area contributed by atoms with E-state index in [-0.39, 0.29) is 12.5 Å². The molecule has 2 atom stereocenters. The highest BCUT2D eigenvalue weighted by molar-refractivity contribution is 5.76. The predicted molar refractivity (Wildman–Crippen MR) is 175 cm³/mol. The van der Waals surface area contributed by atoms with Gasteiger partial charge in [0.15, 0.2) is 0 Å². The molecule has 0 aliphatic rings. The summed E-state index contributed by atoms with van der Waals surface area (Å²) in [7, 11) is 0. The zero-order valence-corrected chi connectivity index (χ0v) is 27.4. The van der Waals surface area contributed by atoms with Crippen LogP contribution in [0.25, 0.3) is 0 Å². The lowest BCUT2D eigenvalue weighted by atomic mass is 10.0. The Kier molecular flexibility index (Phi) is 32.4. The Morgan fingerprint density at radius 1 is 0.500 bits per heavy atom. The normalized spacial score (nSPS) is 13.0. The Labute approximate surface area is 251 Å². The molecule has 0 aliphatic heterocycles. The van der Waals surface area contributed by atoms with E-state index in [1.165, 1.54) is 154 Å². The van der Waals surface area contributed by atoms with Gasteiger partial charge in [0.1, 0.15) is 0 Å². The monoisotopic (exact) mass is 568 g/mol. The van der Waals surface area contributed by atoms with Gasteiger partial charge in [0, 0.05) is 6.42 Å². The van der Waals surface area contributed by atoms with Gasteiger partial charge in [-0.15, -0.1) is 0 Å². The summed E-state index contributed by atoms with van der Waals surface area (Å²) in [6.45, 7) is 4.35. The quantitative estimate of drug-likeness (QED) is 0.0691. The summed E-state index contributed by atoms with van der Waals surface area (Å²) < 4.78 is 0. The van der Waals surface area contributed by atoms with Crippen LogP contribution in [0.3, 0.4) is 0 Å². The molecule has 1 amide bonds. The van der Waals surface area contributed by atoms with E-state index < -0.39 is 12.1 Å². The summed E-state index contributed by atoms with van der Waals surface area (Å²) in [5.74, 6) is -0.0296. The molecule has 0 heterocycles. The number of aliphatic hydroxyl groups is 2. The number of unbranched alkanes of at least 4 members (excludes halogenated alkanes) is 26. The van der Waals surface area contributed by atoms with Gasteiger partial charge in [0.2, 0.25) is 5.91 Å². The van der Waals surface area contributed by atoms with E-state index in [2.05, 4.69) is 19.2 Å². The molecule has 240 valence electrons. The number of aliphatic hydroxyl groups excluding tert-OH is 2. The van der Waals surface area contributed by atoms with Gasteiger partial charge in [-0.2, -0.15) is 0 Å². The third-order valence-electron chi connectivity index (χ3n) is 8.62. The summed E-state index contributed by atoms with van der Waals surface area (Å²) in [6, 6.07) is -0.526. The molecule has 40 heavy (non-hydrogen) atoms. The van der Waals surface area contributed by atoms with Crippen LogP contribution in [0.4, 0.5) is 0 Å². The molecule has 3 N–H and O–H groups in total. The molecule has 0 fully saturated rings. The second-order valence-electron chi connectivity index (χ2n) is 12.7. The fourth-order valence-corrected chi connectivity index (χ4v) is 5.77. The van der Waals surface area contributed by atoms with E-state index in [9.17, 15) is 15.0 Å². The van der Waals surface area contributed by atoms with E-state index in [1.54, 1.807) is 0 Å². The van der Waals surface area contributed by atoms with Crippen molar-refractivity contribution < 1.29 is 15.0 Å². The lowest BCUT2D eigenvalue weighted by Gasteiger charge is -2.22. The lowest BCUT2D eigenvalue weighted by molar-refractivity contribution is -0.123. The van der Waals surface area contributed by atoms with Crippen molar-refractivity contribution in [1.82, 2.24) is 5.32 Å². The summed E-state index contributed by atoms with van der Waals surface area (Å²) in [4.78, 5) is 12.3. The minimum Gasteiger partial charge on any atom is -0.394 e. The zero-order valence-electron chi connectivity index (χ0n) is 27.4. The van der Waals surface area contributed by atoms with Crippen molar-refractivity contribution in [2.75, 3.05) is 6.61 Å². The summed E-state index contributed by atoms with van der Waals surface area (Å²) in [6.07, 6.45) is 37.2. The van der Waals surface area contributed by atoms with Crippen LogP contribution in [0.1, 0.15) is 206 Å². The number of rotatable bonds is 33. The molecule has 4 nitrogen and oxygen atoms in total. The maximum atomic E-state index is 12.3. The molecular weight excluding hydrogens is 494 g/mol. The van der Waals surface area contributed by atoms with Gasteiger partial charge in [-0.05, 0) is 12.8 Å². The van der Waals surface area contributed by atoms with Crippen molar-refractivity contribution in [2.24, 2.45) is 0 Å². The molecule has 0 radical (unpaired) electrons. The van der Waals surface area contributed by atoms with E-state index >= 15 is 0 Å². The molecule has 0 saturated heterocycles. The SMILES string of the molecule is CCCCCCCCCCCCCCCCCCCC(=O)N[C@@H](CO)[C@H](O)CCCCCCCCCCCCC. The fourth-order valence-electron chi connectivity index (χ4n) is 5.77. The second kappa shape index (κ2) is 32.9. The Bertz CT molecular complexity index is 498. The lowest BCUT2D eigenvalue weighted by Crippen LogP contribution is -2.45. The van der Waals surface area contributed by atoms with E-state index in [4.69, 9.17) is 0 Å². The maximum absolute atomic E-state index is 12.3. The van der Waals surface area contributed by atoms with Crippen molar-refractivity contribution in [3.63, 3.8) is 0 Å². The second-order valence-corrected chi connectivity index (χ2v) is 12.7. The van der Waals surface area contributed by atoms with Crippen LogP contribution >= 0.6 is 0 Å². The van der Waals surface area contributed by atoms with Crippen LogP contribution in [0.15, 0.2) is 0 Å². The van der Waals surface area contributed by atoms with Crippen molar-refractivity contribution in [3.05, 3.63) is 0 Å². The Hall–Kier alpha value is -0.610. The molecule has 0 aromatic carbocycles. The van der Waals surface area contributed by atoms with Gasteiger partial charge >= 0.3 is 0 Å². The average molecular weight is 568 g/mol. The number of amides is 1. The highest BCUT2D eigenvalue weighted by Crippen LogP contribution is 2.15. The Morgan fingerprint density at radius 3 is 1.12 bits per heavy atom. The van der Waals surface area contributed by atoms with Crippen LogP contribution in [0.5, 0.6) is 0 Å². The van der Waals surface area contributed by atoms with Gasteiger partial charge in [-0.1, -0.05) is 187 Å². The van der Waals surface area contributed by atoms with Crippen LogP contribution in [-0.2, 0) is 4.79 Å². The first-order valence-electron chi connectivity index (χ1n) is 18.2. The molecular formula is C36H73NO3. The topological polar surface area (TPSA) is 69.6 Å². The van der Waals surface area contributed by atoms with Gasteiger partial charge in [0.25, 0.3) is 0 Å². The number of hydrogen-bond donors (Lipinski definition) is 3.